The molecule has 5 nitrogen and oxygen atoms in total. The van der Waals surface area contributed by atoms with Crippen LogP contribution in [0.2, 0.25) is 0 Å². The summed E-state index contributed by atoms with van der Waals surface area (Å²) in [6.07, 6.45) is 2.41. The minimum atomic E-state index is -3.39. The van der Waals surface area contributed by atoms with Gasteiger partial charge in [0.15, 0.2) is 0 Å². The summed E-state index contributed by atoms with van der Waals surface area (Å²) in [6, 6.07) is 1.55. The van der Waals surface area contributed by atoms with E-state index in [9.17, 15) is 8.42 Å². The van der Waals surface area contributed by atoms with E-state index in [4.69, 9.17) is 5.73 Å². The average Bonchev–Trinajstić information content (AvgIpc) is 2.75. The number of sulfonamides is 1. The molecular formula is C10H19N3O2S. The Morgan fingerprint density at radius 3 is 2.75 bits per heavy atom. The Morgan fingerprint density at radius 1 is 1.56 bits per heavy atom. The first kappa shape index (κ1) is 13.2. The largest absolute Gasteiger partial charge is 0.363 e. The molecule has 1 aromatic heterocycles. The molecule has 0 amide bonds. The summed E-state index contributed by atoms with van der Waals surface area (Å²) in [7, 11) is -3.39. The number of aromatic amines is 1. The third-order valence-electron chi connectivity index (χ3n) is 2.57. The fourth-order valence-corrected chi connectivity index (χ4v) is 2.35. The van der Waals surface area contributed by atoms with Crippen molar-refractivity contribution in [3.8, 4) is 0 Å². The van der Waals surface area contributed by atoms with Gasteiger partial charge in [0.05, 0.1) is 4.90 Å². The fraction of sp³-hybridized carbons (Fsp3) is 0.600. The van der Waals surface area contributed by atoms with Crippen LogP contribution in [-0.2, 0) is 16.6 Å². The predicted molar refractivity (Wildman–Crippen MR) is 63.3 cm³/mol. The van der Waals surface area contributed by atoms with E-state index in [-0.39, 0.29) is 4.90 Å². The highest BCUT2D eigenvalue weighted by molar-refractivity contribution is 7.89. The van der Waals surface area contributed by atoms with E-state index in [1.807, 2.05) is 13.8 Å². The Balaban J connectivity index is 2.70. The molecule has 0 bridgehead atoms. The van der Waals surface area contributed by atoms with Crippen LogP contribution in [0, 0.1) is 5.92 Å². The summed E-state index contributed by atoms with van der Waals surface area (Å²) in [6.45, 7) is 4.80. The van der Waals surface area contributed by atoms with Gasteiger partial charge < -0.3 is 10.7 Å². The van der Waals surface area contributed by atoms with Gasteiger partial charge in [0.1, 0.15) is 0 Å². The molecule has 0 aliphatic rings. The van der Waals surface area contributed by atoms with Gasteiger partial charge in [0.25, 0.3) is 0 Å². The van der Waals surface area contributed by atoms with Crippen molar-refractivity contribution in [2.75, 3.05) is 6.54 Å². The molecule has 0 spiro atoms. The molecule has 1 unspecified atom stereocenters. The van der Waals surface area contributed by atoms with E-state index in [1.165, 1.54) is 6.20 Å². The lowest BCUT2D eigenvalue weighted by atomic mass is 10.1. The van der Waals surface area contributed by atoms with Crippen molar-refractivity contribution in [2.45, 2.75) is 31.7 Å². The molecule has 1 heterocycles. The second-order valence-corrected chi connectivity index (χ2v) is 5.70. The molecule has 1 atom stereocenters. The molecule has 1 rings (SSSR count). The molecule has 0 fully saturated rings. The van der Waals surface area contributed by atoms with Crippen LogP contribution in [0.25, 0.3) is 0 Å². The molecule has 16 heavy (non-hydrogen) atoms. The molecule has 4 N–H and O–H groups in total. The van der Waals surface area contributed by atoms with E-state index in [0.29, 0.717) is 24.7 Å². The highest BCUT2D eigenvalue weighted by atomic mass is 32.2. The van der Waals surface area contributed by atoms with Gasteiger partial charge in [-0.2, -0.15) is 0 Å². The summed E-state index contributed by atoms with van der Waals surface area (Å²) in [5.41, 5.74) is 6.12. The van der Waals surface area contributed by atoms with Crippen molar-refractivity contribution < 1.29 is 8.42 Å². The van der Waals surface area contributed by atoms with Gasteiger partial charge in [0.2, 0.25) is 10.0 Å². The van der Waals surface area contributed by atoms with Crippen molar-refractivity contribution in [3.05, 3.63) is 18.0 Å². The summed E-state index contributed by atoms with van der Waals surface area (Å²) in [5, 5.41) is 0. The van der Waals surface area contributed by atoms with Crippen LogP contribution in [0.4, 0.5) is 0 Å². The van der Waals surface area contributed by atoms with Crippen molar-refractivity contribution in [2.24, 2.45) is 11.7 Å². The maximum Gasteiger partial charge on any atom is 0.242 e. The zero-order chi connectivity index (χ0) is 12.2. The van der Waals surface area contributed by atoms with Gasteiger partial charge in [-0.05, 0) is 12.0 Å². The van der Waals surface area contributed by atoms with E-state index < -0.39 is 10.0 Å². The molecule has 0 aliphatic carbocycles. The quantitative estimate of drug-likeness (QED) is 0.692. The second kappa shape index (κ2) is 5.47. The Kier molecular flexibility index (Phi) is 4.52. The van der Waals surface area contributed by atoms with Crippen LogP contribution >= 0.6 is 0 Å². The number of aromatic nitrogens is 1. The minimum Gasteiger partial charge on any atom is -0.363 e. The first-order valence-corrected chi connectivity index (χ1v) is 6.85. The van der Waals surface area contributed by atoms with Gasteiger partial charge in [-0.1, -0.05) is 20.3 Å². The van der Waals surface area contributed by atoms with Crippen LogP contribution < -0.4 is 10.5 Å². The van der Waals surface area contributed by atoms with Crippen LogP contribution in [-0.4, -0.2) is 19.9 Å². The number of nitrogens with one attached hydrogen (secondary N) is 2. The van der Waals surface area contributed by atoms with E-state index in [1.54, 1.807) is 6.07 Å². The fourth-order valence-electron chi connectivity index (χ4n) is 1.17. The normalized spacial score (nSPS) is 13.9. The number of rotatable bonds is 6. The second-order valence-electron chi connectivity index (χ2n) is 3.93. The average molecular weight is 245 g/mol. The third-order valence-corrected chi connectivity index (χ3v) is 3.97. The van der Waals surface area contributed by atoms with E-state index in [0.717, 1.165) is 6.42 Å². The third kappa shape index (κ3) is 3.33. The zero-order valence-electron chi connectivity index (χ0n) is 9.66. The van der Waals surface area contributed by atoms with Gasteiger partial charge in [-0.15, -0.1) is 0 Å². The van der Waals surface area contributed by atoms with Crippen LogP contribution in [0.15, 0.2) is 17.2 Å². The van der Waals surface area contributed by atoms with Crippen LogP contribution in [0.3, 0.4) is 0 Å². The SMILES string of the molecule is CCC(C)CNS(=O)(=O)c1c[nH]c(CN)c1. The van der Waals surface area contributed by atoms with Crippen LogP contribution in [0.5, 0.6) is 0 Å². The lowest BCUT2D eigenvalue weighted by molar-refractivity contribution is 0.528. The summed E-state index contributed by atoms with van der Waals surface area (Å²) in [5.74, 6) is 0.336. The first-order valence-electron chi connectivity index (χ1n) is 5.36. The topological polar surface area (TPSA) is 88.0 Å². The summed E-state index contributed by atoms with van der Waals surface area (Å²) >= 11 is 0. The predicted octanol–water partition coefficient (Wildman–Crippen LogP) is 0.798. The van der Waals surface area contributed by atoms with E-state index >= 15 is 0 Å². The van der Waals surface area contributed by atoms with Crippen molar-refractivity contribution >= 4 is 10.0 Å². The molecule has 0 radical (unpaired) electrons. The molecule has 0 saturated carbocycles. The number of nitrogens with two attached hydrogens (primary N) is 1. The van der Waals surface area contributed by atoms with Crippen molar-refractivity contribution in [3.63, 3.8) is 0 Å². The van der Waals surface area contributed by atoms with Gasteiger partial charge in [-0.25, -0.2) is 13.1 Å². The maximum atomic E-state index is 11.8. The van der Waals surface area contributed by atoms with Crippen molar-refractivity contribution in [1.29, 1.82) is 0 Å². The lowest BCUT2D eigenvalue weighted by Gasteiger charge is -2.09. The smallest absolute Gasteiger partial charge is 0.242 e. The van der Waals surface area contributed by atoms with Gasteiger partial charge in [-0.3, -0.25) is 0 Å². The molecule has 0 saturated heterocycles. The molecule has 0 aliphatic heterocycles. The van der Waals surface area contributed by atoms with Gasteiger partial charge >= 0.3 is 0 Å². The standard InChI is InChI=1S/C10H19N3O2S/c1-3-8(2)6-13-16(14,15)10-4-9(5-11)12-7-10/h4,7-8,12-13H,3,5-6,11H2,1-2H3. The summed E-state index contributed by atoms with van der Waals surface area (Å²) in [4.78, 5) is 3.07. The van der Waals surface area contributed by atoms with Crippen LogP contribution in [0.1, 0.15) is 26.0 Å². The first-order chi connectivity index (χ1) is 7.49. The highest BCUT2D eigenvalue weighted by Gasteiger charge is 2.16. The highest BCUT2D eigenvalue weighted by Crippen LogP contribution is 2.10. The Labute approximate surface area is 96.5 Å². The number of H-pyrrole nitrogens is 1. The Hall–Kier alpha value is -0.850. The monoisotopic (exact) mass is 245 g/mol. The molecule has 0 aromatic carbocycles. The van der Waals surface area contributed by atoms with Crippen molar-refractivity contribution in [1.82, 2.24) is 9.71 Å². The number of hydrogen-bond donors (Lipinski definition) is 3. The zero-order valence-corrected chi connectivity index (χ0v) is 10.5. The molecule has 6 heteroatoms. The Morgan fingerprint density at radius 2 is 2.25 bits per heavy atom. The lowest BCUT2D eigenvalue weighted by Crippen LogP contribution is -2.27. The molecular weight excluding hydrogens is 226 g/mol. The Bertz CT molecular complexity index is 425. The maximum absolute atomic E-state index is 11.8. The summed E-state index contributed by atoms with van der Waals surface area (Å²) < 4.78 is 26.2. The molecule has 1 aromatic rings. The molecule has 92 valence electrons. The number of hydrogen-bond acceptors (Lipinski definition) is 3. The van der Waals surface area contributed by atoms with E-state index in [2.05, 4.69) is 9.71 Å². The van der Waals surface area contributed by atoms with Gasteiger partial charge in [0, 0.05) is 25.0 Å². The minimum absolute atomic E-state index is 0.247.